The van der Waals surface area contributed by atoms with E-state index in [-0.39, 0.29) is 17.9 Å². The maximum absolute atomic E-state index is 12.4. The lowest BCUT2D eigenvalue weighted by Gasteiger charge is -2.36. The van der Waals surface area contributed by atoms with Crippen LogP contribution in [0.1, 0.15) is 25.7 Å². The minimum Gasteiger partial charge on any atom is -0.340 e. The van der Waals surface area contributed by atoms with Crippen LogP contribution in [-0.4, -0.2) is 62.0 Å². The van der Waals surface area contributed by atoms with Gasteiger partial charge in [0.15, 0.2) is 0 Å². The highest BCUT2D eigenvalue weighted by Gasteiger charge is 2.32. The molecule has 2 unspecified atom stereocenters. The summed E-state index contributed by atoms with van der Waals surface area (Å²) in [5.74, 6) is 0.192. The Hall–Kier alpha value is -0.660. The summed E-state index contributed by atoms with van der Waals surface area (Å²) in [6, 6.07) is 0.139. The highest BCUT2D eigenvalue weighted by Crippen LogP contribution is 2.25. The molecule has 2 rings (SSSR count). The van der Waals surface area contributed by atoms with Gasteiger partial charge in [0.1, 0.15) is 0 Å². The van der Waals surface area contributed by atoms with E-state index in [1.807, 2.05) is 0 Å². The number of piperazine rings is 1. The van der Waals surface area contributed by atoms with Gasteiger partial charge in [-0.1, -0.05) is 6.42 Å². The summed E-state index contributed by atoms with van der Waals surface area (Å²) < 4.78 is 24.3. The molecule has 0 aromatic carbocycles. The second-order valence-electron chi connectivity index (χ2n) is 5.61. The van der Waals surface area contributed by atoms with E-state index in [0.29, 0.717) is 26.2 Å². The molecule has 1 heterocycles. The number of hydrogen-bond donors (Lipinski definition) is 1. The van der Waals surface area contributed by atoms with Gasteiger partial charge < -0.3 is 10.6 Å². The van der Waals surface area contributed by atoms with Gasteiger partial charge in [0.25, 0.3) is 0 Å². The predicted molar refractivity (Wildman–Crippen MR) is 72.9 cm³/mol. The van der Waals surface area contributed by atoms with Gasteiger partial charge in [-0.05, 0) is 19.3 Å². The first-order valence-corrected chi connectivity index (χ1v) is 8.72. The van der Waals surface area contributed by atoms with E-state index in [4.69, 9.17) is 5.73 Å². The van der Waals surface area contributed by atoms with Gasteiger partial charge >= 0.3 is 0 Å². The maximum Gasteiger partial charge on any atom is 0.225 e. The molecule has 2 fully saturated rings. The Morgan fingerprint density at radius 1 is 1.16 bits per heavy atom. The van der Waals surface area contributed by atoms with E-state index in [0.717, 1.165) is 25.7 Å². The average molecular weight is 289 g/mol. The van der Waals surface area contributed by atoms with Gasteiger partial charge in [-0.3, -0.25) is 4.79 Å². The highest BCUT2D eigenvalue weighted by molar-refractivity contribution is 7.88. The van der Waals surface area contributed by atoms with E-state index in [1.54, 1.807) is 4.90 Å². The van der Waals surface area contributed by atoms with Crippen molar-refractivity contribution in [1.29, 1.82) is 0 Å². The van der Waals surface area contributed by atoms with Crippen LogP contribution >= 0.6 is 0 Å². The van der Waals surface area contributed by atoms with Crippen LogP contribution in [0.15, 0.2) is 0 Å². The molecule has 7 heteroatoms. The van der Waals surface area contributed by atoms with Gasteiger partial charge in [0, 0.05) is 38.1 Å². The van der Waals surface area contributed by atoms with Gasteiger partial charge in [-0.2, -0.15) is 4.31 Å². The van der Waals surface area contributed by atoms with Crippen molar-refractivity contribution in [2.45, 2.75) is 31.7 Å². The second-order valence-corrected chi connectivity index (χ2v) is 7.59. The van der Waals surface area contributed by atoms with Crippen molar-refractivity contribution >= 4 is 15.9 Å². The molecular weight excluding hydrogens is 266 g/mol. The molecule has 2 aliphatic rings. The van der Waals surface area contributed by atoms with Crippen LogP contribution in [0.3, 0.4) is 0 Å². The van der Waals surface area contributed by atoms with Crippen molar-refractivity contribution in [2.24, 2.45) is 11.7 Å². The number of carbonyl (C=O) groups is 1. The van der Waals surface area contributed by atoms with E-state index in [1.165, 1.54) is 10.6 Å². The zero-order chi connectivity index (χ0) is 14.0. The Morgan fingerprint density at radius 2 is 1.79 bits per heavy atom. The highest BCUT2D eigenvalue weighted by atomic mass is 32.2. The summed E-state index contributed by atoms with van der Waals surface area (Å²) in [6.45, 7) is 1.81. The van der Waals surface area contributed by atoms with Gasteiger partial charge in [-0.25, -0.2) is 8.42 Å². The standard InChI is InChI=1S/C12H23N3O3S/c1-19(17,18)15-7-5-14(6-8-15)12(16)10-3-2-4-11(13)9-10/h10-11H,2-9,13H2,1H3. The van der Waals surface area contributed by atoms with E-state index in [9.17, 15) is 13.2 Å². The molecule has 0 radical (unpaired) electrons. The zero-order valence-corrected chi connectivity index (χ0v) is 12.2. The number of rotatable bonds is 2. The van der Waals surface area contributed by atoms with Crippen molar-refractivity contribution in [3.63, 3.8) is 0 Å². The van der Waals surface area contributed by atoms with E-state index >= 15 is 0 Å². The monoisotopic (exact) mass is 289 g/mol. The second kappa shape index (κ2) is 5.76. The van der Waals surface area contributed by atoms with Crippen LogP contribution in [0, 0.1) is 5.92 Å². The Labute approximate surface area is 115 Å². The smallest absolute Gasteiger partial charge is 0.225 e. The molecular formula is C12H23N3O3S. The number of carbonyl (C=O) groups excluding carboxylic acids is 1. The molecule has 19 heavy (non-hydrogen) atoms. The maximum atomic E-state index is 12.4. The molecule has 0 bridgehead atoms. The van der Waals surface area contributed by atoms with Crippen LogP contribution in [0.4, 0.5) is 0 Å². The molecule has 0 spiro atoms. The van der Waals surface area contributed by atoms with Crippen LogP contribution in [0.5, 0.6) is 0 Å². The lowest BCUT2D eigenvalue weighted by molar-refractivity contribution is -0.137. The summed E-state index contributed by atoms with van der Waals surface area (Å²) in [5, 5.41) is 0. The third-order valence-corrected chi connectivity index (χ3v) is 5.39. The quantitative estimate of drug-likeness (QED) is 0.750. The molecule has 1 aliphatic carbocycles. The summed E-state index contributed by atoms with van der Waals surface area (Å²) in [5.41, 5.74) is 5.91. The Balaban J connectivity index is 1.89. The zero-order valence-electron chi connectivity index (χ0n) is 11.4. The lowest BCUT2D eigenvalue weighted by Crippen LogP contribution is -2.52. The van der Waals surface area contributed by atoms with Crippen molar-refractivity contribution in [1.82, 2.24) is 9.21 Å². The molecule has 1 aliphatic heterocycles. The van der Waals surface area contributed by atoms with Crippen LogP contribution in [0.2, 0.25) is 0 Å². The molecule has 0 aromatic heterocycles. The van der Waals surface area contributed by atoms with Gasteiger partial charge in [-0.15, -0.1) is 0 Å². The Morgan fingerprint density at radius 3 is 2.32 bits per heavy atom. The largest absolute Gasteiger partial charge is 0.340 e. The molecule has 110 valence electrons. The predicted octanol–water partition coefficient (Wildman–Crippen LogP) is -0.392. The summed E-state index contributed by atoms with van der Waals surface area (Å²) in [4.78, 5) is 14.2. The van der Waals surface area contributed by atoms with E-state index < -0.39 is 10.0 Å². The number of amides is 1. The van der Waals surface area contributed by atoms with Crippen molar-refractivity contribution in [2.75, 3.05) is 32.4 Å². The van der Waals surface area contributed by atoms with Gasteiger partial charge in [0.05, 0.1) is 6.26 Å². The topological polar surface area (TPSA) is 83.7 Å². The van der Waals surface area contributed by atoms with E-state index in [2.05, 4.69) is 0 Å². The van der Waals surface area contributed by atoms with Crippen LogP contribution in [-0.2, 0) is 14.8 Å². The number of nitrogens with two attached hydrogens (primary N) is 1. The molecule has 2 atom stereocenters. The fourth-order valence-corrected chi connectivity index (χ4v) is 3.78. The lowest BCUT2D eigenvalue weighted by atomic mass is 9.85. The third-order valence-electron chi connectivity index (χ3n) is 4.08. The minimum absolute atomic E-state index is 0.0357. The first-order valence-electron chi connectivity index (χ1n) is 6.87. The first-order chi connectivity index (χ1) is 8.88. The third kappa shape index (κ3) is 3.67. The Kier molecular flexibility index (Phi) is 4.47. The van der Waals surface area contributed by atoms with Gasteiger partial charge in [0.2, 0.25) is 15.9 Å². The molecule has 6 nitrogen and oxygen atoms in total. The summed E-state index contributed by atoms with van der Waals surface area (Å²) in [6.07, 6.45) is 4.92. The van der Waals surface area contributed by atoms with Crippen molar-refractivity contribution in [3.8, 4) is 0 Å². The van der Waals surface area contributed by atoms with Crippen LogP contribution in [0.25, 0.3) is 0 Å². The molecule has 1 saturated heterocycles. The molecule has 1 saturated carbocycles. The molecule has 1 amide bonds. The fraction of sp³-hybridized carbons (Fsp3) is 0.917. The molecule has 0 aromatic rings. The minimum atomic E-state index is -3.13. The van der Waals surface area contributed by atoms with Crippen molar-refractivity contribution < 1.29 is 13.2 Å². The fourth-order valence-electron chi connectivity index (χ4n) is 2.95. The average Bonchev–Trinajstić information content (AvgIpc) is 2.37. The SMILES string of the molecule is CS(=O)(=O)N1CCN(C(=O)C2CCCC(N)C2)CC1. The Bertz CT molecular complexity index is 430. The number of sulfonamides is 1. The first kappa shape index (κ1) is 14.7. The van der Waals surface area contributed by atoms with Crippen molar-refractivity contribution in [3.05, 3.63) is 0 Å². The number of hydrogen-bond acceptors (Lipinski definition) is 4. The summed E-state index contributed by atoms with van der Waals surface area (Å²) >= 11 is 0. The molecule has 2 N–H and O–H groups in total. The summed E-state index contributed by atoms with van der Waals surface area (Å²) in [7, 11) is -3.13. The van der Waals surface area contributed by atoms with Crippen LogP contribution < -0.4 is 5.73 Å². The number of nitrogens with zero attached hydrogens (tertiary/aromatic N) is 2. The normalized spacial score (nSPS) is 30.3.